The normalized spacial score (nSPS) is 19.1. The lowest BCUT2D eigenvalue weighted by Gasteiger charge is -2.19. The summed E-state index contributed by atoms with van der Waals surface area (Å²) in [5.41, 5.74) is 0.706. The summed E-state index contributed by atoms with van der Waals surface area (Å²) in [7, 11) is 3.16. The van der Waals surface area contributed by atoms with Crippen LogP contribution in [0.5, 0.6) is 11.5 Å². The van der Waals surface area contributed by atoms with Crippen LogP contribution in [0, 0.1) is 5.41 Å². The number of aromatic nitrogens is 1. The Hall–Kier alpha value is -2.61. The van der Waals surface area contributed by atoms with Gasteiger partial charge < -0.3 is 19.5 Å². The van der Waals surface area contributed by atoms with E-state index in [1.54, 1.807) is 26.0 Å². The average Bonchev–Trinajstić information content (AvgIpc) is 3.29. The zero-order valence-corrected chi connectivity index (χ0v) is 16.3. The number of methoxy groups -OCH3 is 2. The number of carbonyl (C=O) groups excluding carboxylic acids is 1. The SMILES string of the molecule is COc1ccc(-c2nc(CC(=O)N3CCC(C)(C(=O)O)C3)cs2)cc1OC. The summed E-state index contributed by atoms with van der Waals surface area (Å²) >= 11 is 1.45. The number of ether oxygens (including phenoxy) is 2. The molecule has 1 amide bonds. The van der Waals surface area contributed by atoms with E-state index < -0.39 is 11.4 Å². The van der Waals surface area contributed by atoms with E-state index in [2.05, 4.69) is 4.98 Å². The fourth-order valence-corrected chi connectivity index (χ4v) is 3.92. The molecule has 0 aliphatic carbocycles. The second kappa shape index (κ2) is 7.56. The predicted molar refractivity (Wildman–Crippen MR) is 101 cm³/mol. The van der Waals surface area contributed by atoms with Crippen molar-refractivity contribution in [3.8, 4) is 22.1 Å². The first-order valence-corrected chi connectivity index (χ1v) is 9.42. The van der Waals surface area contributed by atoms with E-state index in [9.17, 15) is 14.7 Å². The molecule has 1 aromatic heterocycles. The number of carboxylic acids is 1. The Morgan fingerprint density at radius 1 is 1.30 bits per heavy atom. The largest absolute Gasteiger partial charge is 0.493 e. The molecule has 1 aliphatic heterocycles. The van der Waals surface area contributed by atoms with Gasteiger partial charge in [-0.1, -0.05) is 0 Å². The first-order chi connectivity index (χ1) is 12.9. The molecule has 3 rings (SSSR count). The minimum absolute atomic E-state index is 0.0934. The number of carbonyl (C=O) groups is 2. The van der Waals surface area contributed by atoms with Crippen LogP contribution in [-0.4, -0.2) is 54.2 Å². The Morgan fingerprint density at radius 2 is 2.04 bits per heavy atom. The molecule has 1 N–H and O–H groups in total. The first-order valence-electron chi connectivity index (χ1n) is 8.54. The molecule has 1 unspecified atom stereocenters. The van der Waals surface area contributed by atoms with Crippen LogP contribution in [0.3, 0.4) is 0 Å². The maximum absolute atomic E-state index is 12.5. The molecule has 1 aliphatic rings. The lowest BCUT2D eigenvalue weighted by Crippen LogP contribution is -2.35. The van der Waals surface area contributed by atoms with Crippen LogP contribution in [0.15, 0.2) is 23.6 Å². The number of carboxylic acid groups (broad SMARTS) is 1. The molecule has 27 heavy (non-hydrogen) atoms. The van der Waals surface area contributed by atoms with Gasteiger partial charge in [-0.15, -0.1) is 11.3 Å². The van der Waals surface area contributed by atoms with Crippen LogP contribution in [0.1, 0.15) is 19.0 Å². The topological polar surface area (TPSA) is 89.0 Å². The number of likely N-dealkylation sites (tertiary alicyclic amines) is 1. The van der Waals surface area contributed by atoms with E-state index in [1.165, 1.54) is 11.3 Å². The summed E-state index contributed by atoms with van der Waals surface area (Å²) in [6, 6.07) is 5.56. The van der Waals surface area contributed by atoms with Gasteiger partial charge in [0.15, 0.2) is 11.5 Å². The lowest BCUT2D eigenvalue weighted by atomic mass is 9.90. The van der Waals surface area contributed by atoms with Gasteiger partial charge in [0, 0.05) is 24.0 Å². The molecular weight excluding hydrogens is 368 g/mol. The molecule has 0 bridgehead atoms. The minimum atomic E-state index is -0.859. The first kappa shape index (κ1) is 19.2. The molecule has 7 nitrogen and oxygen atoms in total. The van der Waals surface area contributed by atoms with Gasteiger partial charge in [-0.2, -0.15) is 0 Å². The fourth-order valence-electron chi connectivity index (χ4n) is 3.11. The molecule has 1 fully saturated rings. The van der Waals surface area contributed by atoms with Gasteiger partial charge >= 0.3 is 5.97 Å². The molecule has 1 saturated heterocycles. The number of hydrogen-bond acceptors (Lipinski definition) is 6. The Morgan fingerprint density at radius 3 is 2.67 bits per heavy atom. The van der Waals surface area contributed by atoms with E-state index in [0.29, 0.717) is 30.2 Å². The van der Waals surface area contributed by atoms with Crippen molar-refractivity contribution < 1.29 is 24.2 Å². The van der Waals surface area contributed by atoms with Gasteiger partial charge in [0.05, 0.1) is 31.7 Å². The van der Waals surface area contributed by atoms with Crippen LogP contribution in [0.2, 0.25) is 0 Å². The van der Waals surface area contributed by atoms with Crippen molar-refractivity contribution in [2.45, 2.75) is 19.8 Å². The van der Waals surface area contributed by atoms with Crippen molar-refractivity contribution in [2.75, 3.05) is 27.3 Å². The third-order valence-corrected chi connectivity index (χ3v) is 5.80. The zero-order chi connectivity index (χ0) is 19.6. The molecule has 0 saturated carbocycles. The van der Waals surface area contributed by atoms with Crippen LogP contribution >= 0.6 is 11.3 Å². The maximum Gasteiger partial charge on any atom is 0.311 e. The second-order valence-electron chi connectivity index (χ2n) is 6.82. The van der Waals surface area contributed by atoms with E-state index in [-0.39, 0.29) is 18.9 Å². The number of hydrogen-bond donors (Lipinski definition) is 1. The number of rotatable bonds is 6. The number of benzene rings is 1. The highest BCUT2D eigenvalue weighted by atomic mass is 32.1. The van der Waals surface area contributed by atoms with Crippen LogP contribution in [0.25, 0.3) is 10.6 Å². The Bertz CT molecular complexity index is 866. The summed E-state index contributed by atoms with van der Waals surface area (Å²) < 4.78 is 10.6. The molecular formula is C19H22N2O5S. The number of amides is 1. The summed E-state index contributed by atoms with van der Waals surface area (Å²) in [6.45, 7) is 2.39. The smallest absolute Gasteiger partial charge is 0.311 e. The molecule has 0 spiro atoms. The summed E-state index contributed by atoms with van der Waals surface area (Å²) in [6.07, 6.45) is 0.640. The third-order valence-electron chi connectivity index (χ3n) is 4.86. The molecule has 2 aromatic rings. The van der Waals surface area contributed by atoms with Crippen molar-refractivity contribution in [2.24, 2.45) is 5.41 Å². The highest BCUT2D eigenvalue weighted by Gasteiger charge is 2.42. The zero-order valence-electron chi connectivity index (χ0n) is 15.5. The number of thiazole rings is 1. The number of aliphatic carboxylic acids is 1. The predicted octanol–water partition coefficient (Wildman–Crippen LogP) is 2.69. The van der Waals surface area contributed by atoms with E-state index in [1.807, 2.05) is 23.6 Å². The standard InChI is InChI=1S/C19H22N2O5S/c1-19(18(23)24)6-7-21(11-19)16(22)9-13-10-27-17(20-13)12-4-5-14(25-2)15(8-12)26-3/h4-5,8,10H,6-7,9,11H2,1-3H3,(H,23,24). The molecule has 144 valence electrons. The van der Waals surface area contributed by atoms with E-state index >= 15 is 0 Å². The Balaban J connectivity index is 1.70. The molecule has 2 heterocycles. The monoisotopic (exact) mass is 390 g/mol. The van der Waals surface area contributed by atoms with Crippen molar-refractivity contribution in [1.82, 2.24) is 9.88 Å². The van der Waals surface area contributed by atoms with Gasteiger partial charge in [0.2, 0.25) is 5.91 Å². The van der Waals surface area contributed by atoms with Crippen LogP contribution in [-0.2, 0) is 16.0 Å². The van der Waals surface area contributed by atoms with Crippen LogP contribution < -0.4 is 9.47 Å². The second-order valence-corrected chi connectivity index (χ2v) is 7.68. The van der Waals surface area contributed by atoms with Gasteiger partial charge in [0.1, 0.15) is 5.01 Å². The molecule has 8 heteroatoms. The average molecular weight is 390 g/mol. The van der Waals surface area contributed by atoms with Crippen LogP contribution in [0.4, 0.5) is 0 Å². The summed E-state index contributed by atoms with van der Waals surface area (Å²) in [4.78, 5) is 30.0. The van der Waals surface area contributed by atoms with Gasteiger partial charge in [-0.05, 0) is 31.5 Å². The van der Waals surface area contributed by atoms with Gasteiger partial charge in [0.25, 0.3) is 0 Å². The van der Waals surface area contributed by atoms with E-state index in [4.69, 9.17) is 9.47 Å². The van der Waals surface area contributed by atoms with Gasteiger partial charge in [-0.25, -0.2) is 4.98 Å². The Labute approximate surface area is 161 Å². The minimum Gasteiger partial charge on any atom is -0.493 e. The van der Waals surface area contributed by atoms with Crippen molar-refractivity contribution in [3.05, 3.63) is 29.3 Å². The lowest BCUT2D eigenvalue weighted by molar-refractivity contribution is -0.147. The quantitative estimate of drug-likeness (QED) is 0.816. The van der Waals surface area contributed by atoms with Crippen molar-refractivity contribution >= 4 is 23.2 Å². The molecule has 0 radical (unpaired) electrons. The maximum atomic E-state index is 12.5. The van der Waals surface area contributed by atoms with Gasteiger partial charge in [-0.3, -0.25) is 9.59 Å². The highest BCUT2D eigenvalue weighted by molar-refractivity contribution is 7.13. The van der Waals surface area contributed by atoms with Crippen molar-refractivity contribution in [3.63, 3.8) is 0 Å². The van der Waals surface area contributed by atoms with E-state index in [0.717, 1.165) is 10.6 Å². The summed E-state index contributed by atoms with van der Waals surface area (Å²) in [5.74, 6) is 0.308. The van der Waals surface area contributed by atoms with Crippen molar-refractivity contribution in [1.29, 1.82) is 0 Å². The molecule has 1 aromatic carbocycles. The fraction of sp³-hybridized carbons (Fsp3) is 0.421. The highest BCUT2D eigenvalue weighted by Crippen LogP contribution is 2.34. The summed E-state index contributed by atoms with van der Waals surface area (Å²) in [5, 5.41) is 11.9. The Kier molecular flexibility index (Phi) is 5.36. The third kappa shape index (κ3) is 3.90. The number of nitrogens with zero attached hydrogens (tertiary/aromatic N) is 2. The molecule has 1 atom stereocenters.